The number of carboxylic acid groups (broad SMARTS) is 1. The van der Waals surface area contributed by atoms with Gasteiger partial charge in [0.2, 0.25) is 5.91 Å². The Balaban J connectivity index is 2.75. The summed E-state index contributed by atoms with van der Waals surface area (Å²) in [6.07, 6.45) is 0.832. The van der Waals surface area contributed by atoms with E-state index in [4.69, 9.17) is 5.11 Å². The van der Waals surface area contributed by atoms with Crippen molar-refractivity contribution in [2.45, 2.75) is 20.3 Å². The molecule has 0 spiro atoms. The van der Waals surface area contributed by atoms with Crippen LogP contribution in [0, 0.1) is 5.92 Å². The smallest absolute Gasteiger partial charge is 0.315 e. The fourth-order valence-corrected chi connectivity index (χ4v) is 1.44. The van der Waals surface area contributed by atoms with Crippen LogP contribution in [0.3, 0.4) is 0 Å². The van der Waals surface area contributed by atoms with Gasteiger partial charge in [-0.3, -0.25) is 14.4 Å². The van der Waals surface area contributed by atoms with Gasteiger partial charge in [-0.15, -0.1) is 0 Å². The maximum absolute atomic E-state index is 11.8. The fourth-order valence-electron chi connectivity index (χ4n) is 1.44. The minimum absolute atomic E-state index is 0.228. The summed E-state index contributed by atoms with van der Waals surface area (Å²) < 4.78 is 0. The molecule has 0 fully saturated rings. The van der Waals surface area contributed by atoms with Crippen molar-refractivity contribution < 1.29 is 19.5 Å². The quantitative estimate of drug-likeness (QED) is 0.687. The lowest BCUT2D eigenvalue weighted by Gasteiger charge is -2.10. The van der Waals surface area contributed by atoms with E-state index in [1.165, 1.54) is 13.0 Å². The van der Waals surface area contributed by atoms with Crippen LogP contribution in [0.15, 0.2) is 24.3 Å². The average Bonchev–Trinajstić information content (AvgIpc) is 2.43. The van der Waals surface area contributed by atoms with Crippen LogP contribution in [-0.2, 0) is 9.59 Å². The lowest BCUT2D eigenvalue weighted by atomic mass is 10.1. The Labute approximate surface area is 117 Å². The van der Waals surface area contributed by atoms with Gasteiger partial charge in [-0.1, -0.05) is 13.0 Å². The molecule has 1 aromatic carbocycles. The summed E-state index contributed by atoms with van der Waals surface area (Å²) in [6.45, 7) is 3.82. The zero-order valence-electron chi connectivity index (χ0n) is 11.5. The highest BCUT2D eigenvalue weighted by molar-refractivity contribution is 6.04. The summed E-state index contributed by atoms with van der Waals surface area (Å²) >= 11 is 0. The van der Waals surface area contributed by atoms with E-state index in [1.807, 2.05) is 6.92 Å². The van der Waals surface area contributed by atoms with E-state index < -0.39 is 17.8 Å². The number of aliphatic carboxylic acids is 1. The van der Waals surface area contributed by atoms with E-state index in [-0.39, 0.29) is 5.91 Å². The second-order valence-corrected chi connectivity index (χ2v) is 4.39. The molecule has 1 rings (SSSR count). The summed E-state index contributed by atoms with van der Waals surface area (Å²) in [5.41, 5.74) is 0.812. The lowest BCUT2D eigenvalue weighted by Crippen LogP contribution is -2.27. The molecule has 1 atom stereocenters. The molecule has 6 heteroatoms. The van der Waals surface area contributed by atoms with Crippen molar-refractivity contribution in [2.75, 3.05) is 11.9 Å². The maximum Gasteiger partial charge on any atom is 0.315 e. The fraction of sp³-hybridized carbons (Fsp3) is 0.357. The number of carbonyl (C=O) groups excluding carboxylic acids is 2. The first-order valence-corrected chi connectivity index (χ1v) is 6.37. The SMILES string of the molecule is CCCNC(=O)c1cccc(NC(=O)C(C)C(=O)O)c1. The van der Waals surface area contributed by atoms with Gasteiger partial charge in [-0.25, -0.2) is 0 Å². The third kappa shape index (κ3) is 4.38. The van der Waals surface area contributed by atoms with Gasteiger partial charge < -0.3 is 15.7 Å². The Morgan fingerprint density at radius 2 is 2.00 bits per heavy atom. The Kier molecular flexibility index (Phi) is 5.71. The molecule has 1 aromatic rings. The molecule has 0 saturated carbocycles. The number of nitrogens with one attached hydrogen (secondary N) is 2. The summed E-state index contributed by atoms with van der Waals surface area (Å²) in [7, 11) is 0. The van der Waals surface area contributed by atoms with Gasteiger partial charge in [0.1, 0.15) is 5.92 Å². The van der Waals surface area contributed by atoms with Crippen LogP contribution < -0.4 is 10.6 Å². The minimum Gasteiger partial charge on any atom is -0.481 e. The number of carbonyl (C=O) groups is 3. The van der Waals surface area contributed by atoms with Gasteiger partial charge in [-0.2, -0.15) is 0 Å². The summed E-state index contributed by atoms with van der Waals surface area (Å²) in [5, 5.41) is 13.9. The highest BCUT2D eigenvalue weighted by Crippen LogP contribution is 2.12. The van der Waals surface area contributed by atoms with Crippen molar-refractivity contribution in [3.63, 3.8) is 0 Å². The zero-order chi connectivity index (χ0) is 15.1. The third-order valence-corrected chi connectivity index (χ3v) is 2.69. The maximum atomic E-state index is 11.8. The van der Waals surface area contributed by atoms with Gasteiger partial charge in [0.15, 0.2) is 0 Å². The molecule has 0 aromatic heterocycles. The lowest BCUT2D eigenvalue weighted by molar-refractivity contribution is -0.144. The second kappa shape index (κ2) is 7.28. The van der Waals surface area contributed by atoms with E-state index in [0.29, 0.717) is 17.8 Å². The van der Waals surface area contributed by atoms with Crippen molar-refractivity contribution in [1.29, 1.82) is 0 Å². The third-order valence-electron chi connectivity index (χ3n) is 2.69. The number of carboxylic acids is 1. The first-order chi connectivity index (χ1) is 9.45. The number of amides is 2. The predicted octanol–water partition coefficient (Wildman–Crippen LogP) is 1.49. The molecule has 0 bridgehead atoms. The molecule has 0 aliphatic heterocycles. The second-order valence-electron chi connectivity index (χ2n) is 4.39. The van der Waals surface area contributed by atoms with Gasteiger partial charge in [0, 0.05) is 17.8 Å². The van der Waals surface area contributed by atoms with Gasteiger partial charge in [0.25, 0.3) is 5.91 Å². The van der Waals surface area contributed by atoms with Crippen LogP contribution in [0.1, 0.15) is 30.6 Å². The molecule has 3 N–H and O–H groups in total. The molecule has 6 nitrogen and oxygen atoms in total. The molecule has 0 heterocycles. The van der Waals surface area contributed by atoms with Crippen molar-refractivity contribution >= 4 is 23.5 Å². The molecular formula is C14H18N2O4. The van der Waals surface area contributed by atoms with Crippen molar-refractivity contribution in [2.24, 2.45) is 5.92 Å². The highest BCUT2D eigenvalue weighted by Gasteiger charge is 2.20. The van der Waals surface area contributed by atoms with Crippen molar-refractivity contribution in [3.8, 4) is 0 Å². The number of rotatable bonds is 6. The van der Waals surface area contributed by atoms with Crippen LogP contribution in [0.25, 0.3) is 0 Å². The molecule has 1 unspecified atom stereocenters. The molecule has 2 amide bonds. The molecular weight excluding hydrogens is 260 g/mol. The van der Waals surface area contributed by atoms with Gasteiger partial charge in [0.05, 0.1) is 0 Å². The van der Waals surface area contributed by atoms with Gasteiger partial charge in [-0.05, 0) is 31.5 Å². The van der Waals surface area contributed by atoms with Gasteiger partial charge >= 0.3 is 5.97 Å². The van der Waals surface area contributed by atoms with Crippen LogP contribution >= 0.6 is 0 Å². The van der Waals surface area contributed by atoms with Crippen molar-refractivity contribution in [1.82, 2.24) is 5.32 Å². The number of hydrogen-bond acceptors (Lipinski definition) is 3. The first kappa shape index (κ1) is 15.7. The minimum atomic E-state index is -1.20. The number of anilines is 1. The monoisotopic (exact) mass is 278 g/mol. The average molecular weight is 278 g/mol. The molecule has 0 radical (unpaired) electrons. The van der Waals surface area contributed by atoms with Crippen LogP contribution in [-0.4, -0.2) is 29.4 Å². The van der Waals surface area contributed by atoms with E-state index >= 15 is 0 Å². The van der Waals surface area contributed by atoms with E-state index in [0.717, 1.165) is 6.42 Å². The Bertz CT molecular complexity index is 514. The summed E-state index contributed by atoms with van der Waals surface area (Å²) in [4.78, 5) is 34.1. The predicted molar refractivity (Wildman–Crippen MR) is 74.5 cm³/mol. The Morgan fingerprint density at radius 1 is 1.30 bits per heavy atom. The standard InChI is InChI=1S/C14H18N2O4/c1-3-7-15-13(18)10-5-4-6-11(8-10)16-12(17)9(2)14(19)20/h4-6,8-9H,3,7H2,1-2H3,(H,15,18)(H,16,17)(H,19,20). The molecule has 0 aliphatic carbocycles. The first-order valence-electron chi connectivity index (χ1n) is 6.37. The zero-order valence-corrected chi connectivity index (χ0v) is 11.5. The summed E-state index contributed by atoms with van der Waals surface area (Å²) in [6, 6.07) is 6.36. The number of hydrogen-bond donors (Lipinski definition) is 3. The Morgan fingerprint density at radius 3 is 2.60 bits per heavy atom. The van der Waals surface area contributed by atoms with Crippen LogP contribution in [0.4, 0.5) is 5.69 Å². The summed E-state index contributed by atoms with van der Waals surface area (Å²) in [5.74, 6) is -3.19. The highest BCUT2D eigenvalue weighted by atomic mass is 16.4. The van der Waals surface area contributed by atoms with E-state index in [1.54, 1.807) is 18.2 Å². The van der Waals surface area contributed by atoms with Crippen LogP contribution in [0.2, 0.25) is 0 Å². The van der Waals surface area contributed by atoms with E-state index in [2.05, 4.69) is 10.6 Å². The largest absolute Gasteiger partial charge is 0.481 e. The topological polar surface area (TPSA) is 95.5 Å². The molecule has 108 valence electrons. The van der Waals surface area contributed by atoms with Crippen LogP contribution in [0.5, 0.6) is 0 Å². The van der Waals surface area contributed by atoms with E-state index in [9.17, 15) is 14.4 Å². The normalized spacial score (nSPS) is 11.5. The number of benzene rings is 1. The molecule has 0 aliphatic rings. The molecule has 20 heavy (non-hydrogen) atoms. The van der Waals surface area contributed by atoms with Crippen molar-refractivity contribution in [3.05, 3.63) is 29.8 Å². The Hall–Kier alpha value is -2.37. The molecule has 0 saturated heterocycles.